The molecule has 4 nitrogen and oxygen atoms in total. The molecule has 1 aromatic rings. The second-order valence-corrected chi connectivity index (χ2v) is 4.46. The van der Waals surface area contributed by atoms with Gasteiger partial charge < -0.3 is 16.4 Å². The Labute approximate surface area is 114 Å². The van der Waals surface area contributed by atoms with Crippen LogP contribution in [0.25, 0.3) is 0 Å². The zero-order valence-corrected chi connectivity index (χ0v) is 11.3. The summed E-state index contributed by atoms with van der Waals surface area (Å²) in [6.45, 7) is 1.74. The van der Waals surface area contributed by atoms with Gasteiger partial charge in [0.2, 0.25) is 5.91 Å². The lowest BCUT2D eigenvalue weighted by Crippen LogP contribution is -2.19. The van der Waals surface area contributed by atoms with Crippen LogP contribution in [0.4, 0.5) is 11.4 Å². The first-order valence-corrected chi connectivity index (χ1v) is 5.95. The molecule has 0 spiro atoms. The summed E-state index contributed by atoms with van der Waals surface area (Å²) >= 11 is 16.7. The van der Waals surface area contributed by atoms with Crippen molar-refractivity contribution in [1.82, 2.24) is 0 Å². The topological polar surface area (TPSA) is 67.2 Å². The van der Waals surface area contributed by atoms with E-state index in [2.05, 4.69) is 10.6 Å². The van der Waals surface area contributed by atoms with Crippen LogP contribution in [0.1, 0.15) is 13.3 Å². The number of rotatable bonds is 3. The molecule has 17 heavy (non-hydrogen) atoms. The number of benzene rings is 1. The normalized spacial score (nSPS) is 9.82. The fourth-order valence-electron chi connectivity index (χ4n) is 1.11. The summed E-state index contributed by atoms with van der Waals surface area (Å²) in [7, 11) is 0. The molecule has 0 aliphatic rings. The van der Waals surface area contributed by atoms with Crippen molar-refractivity contribution in [1.29, 1.82) is 0 Å². The largest absolute Gasteiger partial charge is 0.376 e. The van der Waals surface area contributed by atoms with Crippen molar-refractivity contribution in [2.24, 2.45) is 5.73 Å². The maximum Gasteiger partial charge on any atom is 0.224 e. The van der Waals surface area contributed by atoms with Crippen LogP contribution in [-0.2, 0) is 4.79 Å². The van der Waals surface area contributed by atoms with Gasteiger partial charge in [0.25, 0.3) is 0 Å². The molecule has 0 fully saturated rings. The van der Waals surface area contributed by atoms with E-state index >= 15 is 0 Å². The second-order valence-electron chi connectivity index (χ2n) is 3.20. The van der Waals surface area contributed by atoms with Crippen molar-refractivity contribution in [3.63, 3.8) is 0 Å². The Hall–Kier alpha value is -1.04. The number of nitrogens with two attached hydrogens (primary N) is 1. The number of hydrogen-bond donors (Lipinski definition) is 3. The van der Waals surface area contributed by atoms with Gasteiger partial charge in [-0.15, -0.1) is 0 Å². The van der Waals surface area contributed by atoms with Crippen LogP contribution in [0, 0.1) is 0 Å². The lowest BCUT2D eigenvalue weighted by molar-refractivity contribution is -0.115. The number of thiocarbonyl (C=S) groups is 1. The first-order chi connectivity index (χ1) is 7.93. The molecule has 0 unspecified atom stereocenters. The van der Waals surface area contributed by atoms with Crippen molar-refractivity contribution in [3.05, 3.63) is 22.2 Å². The third kappa shape index (κ3) is 4.03. The maximum absolute atomic E-state index is 11.2. The van der Waals surface area contributed by atoms with E-state index in [1.807, 2.05) is 0 Å². The quantitative estimate of drug-likeness (QED) is 0.749. The van der Waals surface area contributed by atoms with Gasteiger partial charge in [0.15, 0.2) is 5.11 Å². The Morgan fingerprint density at radius 1 is 1.29 bits per heavy atom. The van der Waals surface area contributed by atoms with Crippen LogP contribution in [-0.4, -0.2) is 11.0 Å². The number of nitrogens with one attached hydrogen (secondary N) is 2. The summed E-state index contributed by atoms with van der Waals surface area (Å²) in [5.41, 5.74) is 6.29. The Balaban J connectivity index is 3.00. The molecular formula is C10H11Cl2N3OS. The number of halogens is 2. The van der Waals surface area contributed by atoms with E-state index in [0.29, 0.717) is 27.8 Å². The van der Waals surface area contributed by atoms with Crippen LogP contribution >= 0.6 is 35.4 Å². The molecule has 1 aromatic carbocycles. The van der Waals surface area contributed by atoms with Gasteiger partial charge >= 0.3 is 0 Å². The van der Waals surface area contributed by atoms with Gasteiger partial charge in [0.05, 0.1) is 21.4 Å². The van der Waals surface area contributed by atoms with Crippen LogP contribution in [0.5, 0.6) is 0 Å². The van der Waals surface area contributed by atoms with Crippen molar-refractivity contribution < 1.29 is 4.79 Å². The first-order valence-electron chi connectivity index (χ1n) is 4.79. The van der Waals surface area contributed by atoms with E-state index in [0.717, 1.165) is 0 Å². The molecule has 0 aromatic heterocycles. The van der Waals surface area contributed by atoms with Crippen LogP contribution in [0.3, 0.4) is 0 Å². The molecule has 0 heterocycles. The van der Waals surface area contributed by atoms with Crippen molar-refractivity contribution in [2.45, 2.75) is 13.3 Å². The summed E-state index contributed by atoms with van der Waals surface area (Å²) in [6.07, 6.45) is 0.362. The number of carbonyl (C=O) groups excluding carboxylic acids is 1. The first kappa shape index (κ1) is 14.0. The van der Waals surface area contributed by atoms with Gasteiger partial charge in [-0.25, -0.2) is 0 Å². The lowest BCUT2D eigenvalue weighted by Gasteiger charge is -2.11. The van der Waals surface area contributed by atoms with E-state index < -0.39 is 0 Å². The maximum atomic E-state index is 11.2. The zero-order valence-electron chi connectivity index (χ0n) is 9.01. The summed E-state index contributed by atoms with van der Waals surface area (Å²) < 4.78 is 0. The average molecular weight is 292 g/mol. The standard InChI is InChI=1S/C10H11Cl2N3OS/c1-2-9(16)14-7-3-6(12)8(4-5(7)11)15-10(13)17/h3-4H,2H2,1H3,(H,14,16)(H3,13,15,17). The predicted molar refractivity (Wildman–Crippen MR) is 75.8 cm³/mol. The van der Waals surface area contributed by atoms with Crippen LogP contribution in [0.2, 0.25) is 10.0 Å². The molecule has 0 bridgehead atoms. The Kier molecular flexibility index (Phi) is 4.99. The van der Waals surface area contributed by atoms with Gasteiger partial charge in [-0.05, 0) is 24.4 Å². The molecular weight excluding hydrogens is 281 g/mol. The summed E-state index contributed by atoms with van der Waals surface area (Å²) in [5.74, 6) is -0.141. The summed E-state index contributed by atoms with van der Waals surface area (Å²) in [4.78, 5) is 11.2. The fourth-order valence-corrected chi connectivity index (χ4v) is 1.64. The molecule has 1 amide bonds. The highest BCUT2D eigenvalue weighted by Gasteiger charge is 2.09. The molecule has 0 aliphatic carbocycles. The number of amides is 1. The predicted octanol–water partition coefficient (Wildman–Crippen LogP) is 3.00. The Bertz CT molecular complexity index is 465. The highest BCUT2D eigenvalue weighted by Crippen LogP contribution is 2.32. The van der Waals surface area contributed by atoms with Gasteiger partial charge in [-0.1, -0.05) is 30.1 Å². The van der Waals surface area contributed by atoms with Gasteiger partial charge in [-0.2, -0.15) is 0 Å². The van der Waals surface area contributed by atoms with E-state index in [1.54, 1.807) is 13.0 Å². The van der Waals surface area contributed by atoms with Crippen molar-refractivity contribution in [2.75, 3.05) is 10.6 Å². The average Bonchev–Trinajstić information content (AvgIpc) is 2.24. The molecule has 0 radical (unpaired) electrons. The highest BCUT2D eigenvalue weighted by molar-refractivity contribution is 7.80. The van der Waals surface area contributed by atoms with E-state index in [9.17, 15) is 4.79 Å². The smallest absolute Gasteiger partial charge is 0.224 e. The Morgan fingerprint density at radius 3 is 2.18 bits per heavy atom. The molecule has 4 N–H and O–H groups in total. The second kappa shape index (κ2) is 6.05. The van der Waals surface area contributed by atoms with Crippen LogP contribution < -0.4 is 16.4 Å². The molecule has 7 heteroatoms. The number of hydrogen-bond acceptors (Lipinski definition) is 2. The SMILES string of the molecule is CCC(=O)Nc1cc(Cl)c(NC(N)=S)cc1Cl. The summed E-state index contributed by atoms with van der Waals surface area (Å²) in [6, 6.07) is 3.09. The molecule has 1 rings (SSSR count). The number of carbonyl (C=O) groups is 1. The minimum absolute atomic E-state index is 0.0910. The Morgan fingerprint density at radius 2 is 1.76 bits per heavy atom. The van der Waals surface area contributed by atoms with Gasteiger partial charge in [-0.3, -0.25) is 4.79 Å². The molecule has 0 atom stereocenters. The third-order valence-electron chi connectivity index (χ3n) is 1.91. The molecule has 92 valence electrons. The fraction of sp³-hybridized carbons (Fsp3) is 0.200. The minimum Gasteiger partial charge on any atom is -0.376 e. The minimum atomic E-state index is -0.141. The van der Waals surface area contributed by atoms with Crippen molar-refractivity contribution in [3.8, 4) is 0 Å². The van der Waals surface area contributed by atoms with E-state index in [4.69, 9.17) is 41.2 Å². The van der Waals surface area contributed by atoms with E-state index in [-0.39, 0.29) is 11.0 Å². The number of anilines is 2. The van der Waals surface area contributed by atoms with Gasteiger partial charge in [0, 0.05) is 6.42 Å². The van der Waals surface area contributed by atoms with E-state index in [1.165, 1.54) is 6.07 Å². The van der Waals surface area contributed by atoms with Gasteiger partial charge in [0.1, 0.15) is 0 Å². The highest BCUT2D eigenvalue weighted by atomic mass is 35.5. The molecule has 0 saturated carbocycles. The monoisotopic (exact) mass is 291 g/mol. The molecule has 0 aliphatic heterocycles. The summed E-state index contributed by atoms with van der Waals surface area (Å²) in [5, 5.41) is 6.14. The zero-order chi connectivity index (χ0) is 13.0. The third-order valence-corrected chi connectivity index (χ3v) is 2.64. The molecule has 0 saturated heterocycles. The van der Waals surface area contributed by atoms with Crippen molar-refractivity contribution >= 4 is 57.8 Å². The lowest BCUT2D eigenvalue weighted by atomic mass is 10.2. The van der Waals surface area contributed by atoms with Crippen LogP contribution in [0.15, 0.2) is 12.1 Å².